The maximum atomic E-state index is 13.6. The van der Waals surface area contributed by atoms with Gasteiger partial charge >= 0.3 is 6.18 Å². The number of hydrogen-bond acceptors (Lipinski definition) is 3. The highest BCUT2D eigenvalue weighted by Crippen LogP contribution is 2.49. The second kappa shape index (κ2) is 5.40. The van der Waals surface area contributed by atoms with Crippen molar-refractivity contribution in [1.82, 2.24) is 23.7 Å². The van der Waals surface area contributed by atoms with Gasteiger partial charge in [0.1, 0.15) is 0 Å². The zero-order chi connectivity index (χ0) is 19.7. The highest BCUT2D eigenvalue weighted by molar-refractivity contribution is 5.65. The Labute approximate surface area is 148 Å². The van der Waals surface area contributed by atoms with E-state index in [9.17, 15) is 26.7 Å². The van der Waals surface area contributed by atoms with E-state index in [1.807, 2.05) is 0 Å². The molecule has 144 valence electrons. The zero-order valence-corrected chi connectivity index (χ0v) is 14.3. The highest BCUT2D eigenvalue weighted by atomic mass is 19.4. The molecule has 4 rings (SSSR count). The number of hydrogen-bond donors (Lipinski definition) is 0. The zero-order valence-electron chi connectivity index (χ0n) is 14.3. The lowest BCUT2D eigenvalue weighted by atomic mass is 10.1. The quantitative estimate of drug-likeness (QED) is 0.650. The third-order valence-corrected chi connectivity index (χ3v) is 4.80. The van der Waals surface area contributed by atoms with Gasteiger partial charge in [-0.25, -0.2) is 13.8 Å². The summed E-state index contributed by atoms with van der Waals surface area (Å²) < 4.78 is 70.3. The molecule has 6 nitrogen and oxygen atoms in total. The summed E-state index contributed by atoms with van der Waals surface area (Å²) in [6.45, 7) is 1.50. The average molecular weight is 387 g/mol. The van der Waals surface area contributed by atoms with Crippen molar-refractivity contribution < 1.29 is 22.0 Å². The Morgan fingerprint density at radius 2 is 1.96 bits per heavy atom. The fourth-order valence-corrected chi connectivity index (χ4v) is 3.06. The number of imidazole rings is 1. The van der Waals surface area contributed by atoms with E-state index in [4.69, 9.17) is 0 Å². The minimum atomic E-state index is -4.87. The van der Waals surface area contributed by atoms with Crippen LogP contribution in [0.5, 0.6) is 0 Å². The third-order valence-electron chi connectivity index (χ3n) is 4.80. The Kier molecular flexibility index (Phi) is 3.53. The summed E-state index contributed by atoms with van der Waals surface area (Å²) in [6, 6.07) is 0. The predicted octanol–water partition coefficient (Wildman–Crippen LogP) is 2.88. The van der Waals surface area contributed by atoms with Crippen LogP contribution in [-0.4, -0.2) is 29.7 Å². The van der Waals surface area contributed by atoms with Gasteiger partial charge in [0.25, 0.3) is 11.5 Å². The minimum Gasteiger partial charge on any atom is -0.317 e. The first-order chi connectivity index (χ1) is 12.5. The fourth-order valence-electron chi connectivity index (χ4n) is 3.06. The Morgan fingerprint density at radius 1 is 1.30 bits per heavy atom. The van der Waals surface area contributed by atoms with Gasteiger partial charge in [-0.1, -0.05) is 0 Å². The van der Waals surface area contributed by atoms with Gasteiger partial charge in [-0.3, -0.25) is 13.9 Å². The van der Waals surface area contributed by atoms with Gasteiger partial charge in [-0.15, -0.1) is 0 Å². The van der Waals surface area contributed by atoms with Gasteiger partial charge in [0.15, 0.2) is 5.69 Å². The smallest absolute Gasteiger partial charge is 0.317 e. The normalized spacial score (nSPS) is 19.0. The van der Waals surface area contributed by atoms with Crippen LogP contribution in [0.25, 0.3) is 16.9 Å². The van der Waals surface area contributed by atoms with Crippen LogP contribution in [0, 0.1) is 12.8 Å². The molecular weight excluding hydrogens is 373 g/mol. The summed E-state index contributed by atoms with van der Waals surface area (Å²) in [5, 5.41) is 3.84. The van der Waals surface area contributed by atoms with Gasteiger partial charge in [-0.2, -0.15) is 18.3 Å². The van der Waals surface area contributed by atoms with Gasteiger partial charge in [0.05, 0.1) is 11.8 Å². The van der Waals surface area contributed by atoms with Crippen molar-refractivity contribution in [3.63, 3.8) is 0 Å². The molecule has 0 saturated heterocycles. The van der Waals surface area contributed by atoms with Crippen LogP contribution in [0.3, 0.4) is 0 Å². The number of fused-ring (bicyclic) bond motifs is 1. The minimum absolute atomic E-state index is 0.111. The van der Waals surface area contributed by atoms with Crippen molar-refractivity contribution in [1.29, 1.82) is 0 Å². The SMILES string of the molecule is Cc1cn2c(=O)c(-c3cnn(C[C@H]4CC4(F)F)c3)c(C(F)(F)F)nc2n1C. The maximum absolute atomic E-state index is 13.6. The van der Waals surface area contributed by atoms with E-state index in [0.717, 1.165) is 15.3 Å². The largest absolute Gasteiger partial charge is 0.434 e. The van der Waals surface area contributed by atoms with Gasteiger partial charge < -0.3 is 4.57 Å². The van der Waals surface area contributed by atoms with Crippen LogP contribution in [0.1, 0.15) is 17.8 Å². The summed E-state index contributed by atoms with van der Waals surface area (Å²) >= 11 is 0. The van der Waals surface area contributed by atoms with Crippen molar-refractivity contribution >= 4 is 5.78 Å². The van der Waals surface area contributed by atoms with Crippen LogP contribution < -0.4 is 5.56 Å². The molecule has 1 fully saturated rings. The van der Waals surface area contributed by atoms with Crippen LogP contribution in [0.4, 0.5) is 22.0 Å². The van der Waals surface area contributed by atoms with Gasteiger partial charge in [0, 0.05) is 49.6 Å². The monoisotopic (exact) mass is 387 g/mol. The maximum Gasteiger partial charge on any atom is 0.434 e. The van der Waals surface area contributed by atoms with Crippen molar-refractivity contribution in [2.45, 2.75) is 32.0 Å². The molecule has 0 bridgehead atoms. The summed E-state index contributed by atoms with van der Waals surface area (Å²) in [7, 11) is 1.50. The molecule has 27 heavy (non-hydrogen) atoms. The molecule has 3 aromatic rings. The number of aromatic nitrogens is 5. The van der Waals surface area contributed by atoms with Crippen LogP contribution >= 0.6 is 0 Å². The molecule has 3 aromatic heterocycles. The molecule has 0 aromatic carbocycles. The first-order valence-corrected chi connectivity index (χ1v) is 8.05. The lowest BCUT2D eigenvalue weighted by Crippen LogP contribution is -2.23. The standard InChI is InChI=1S/C16H14F5N5O/c1-8-5-26-13(27)11(12(16(19,20)21)23-14(26)24(8)2)9-4-22-25(6-9)7-10-3-15(10,17)18/h4-6,10H,3,7H2,1-2H3/t10-/m1/s1. The molecule has 0 amide bonds. The molecule has 0 aliphatic heterocycles. The Hall–Kier alpha value is -2.72. The molecule has 1 saturated carbocycles. The molecule has 11 heteroatoms. The van der Waals surface area contributed by atoms with E-state index < -0.39 is 34.8 Å². The topological polar surface area (TPSA) is 57.1 Å². The fraction of sp³-hybridized carbons (Fsp3) is 0.438. The molecule has 0 spiro atoms. The third kappa shape index (κ3) is 2.81. The number of nitrogens with zero attached hydrogens (tertiary/aromatic N) is 5. The summed E-state index contributed by atoms with van der Waals surface area (Å²) in [5.41, 5.74) is -2.44. The Morgan fingerprint density at radius 3 is 2.56 bits per heavy atom. The Bertz CT molecular complexity index is 1110. The lowest BCUT2D eigenvalue weighted by Gasteiger charge is -2.11. The van der Waals surface area contributed by atoms with Crippen LogP contribution in [0.2, 0.25) is 0 Å². The van der Waals surface area contributed by atoms with E-state index in [0.29, 0.717) is 5.69 Å². The molecule has 0 N–H and O–H groups in total. The van der Waals surface area contributed by atoms with Gasteiger partial charge in [-0.05, 0) is 6.92 Å². The second-order valence-electron chi connectivity index (χ2n) is 6.75. The Balaban J connectivity index is 1.87. The predicted molar refractivity (Wildman–Crippen MR) is 84.4 cm³/mol. The molecule has 1 aliphatic rings. The number of rotatable bonds is 3. The molecule has 1 atom stereocenters. The van der Waals surface area contributed by atoms with Crippen molar-refractivity contribution in [2.75, 3.05) is 0 Å². The molecular formula is C16H14F5N5O. The summed E-state index contributed by atoms with van der Waals surface area (Å²) in [6.07, 6.45) is -1.52. The average Bonchev–Trinajstić information content (AvgIpc) is 2.88. The van der Waals surface area contributed by atoms with Crippen molar-refractivity contribution in [3.05, 3.63) is 40.3 Å². The number of halogens is 5. The van der Waals surface area contributed by atoms with Crippen molar-refractivity contribution in [3.8, 4) is 11.1 Å². The molecule has 1 aliphatic carbocycles. The molecule has 0 unspecified atom stereocenters. The highest BCUT2D eigenvalue weighted by Gasteiger charge is 2.56. The first-order valence-electron chi connectivity index (χ1n) is 8.05. The van der Waals surface area contributed by atoms with E-state index in [1.54, 1.807) is 6.92 Å². The van der Waals surface area contributed by atoms with E-state index in [2.05, 4.69) is 10.1 Å². The van der Waals surface area contributed by atoms with E-state index >= 15 is 0 Å². The summed E-state index contributed by atoms with van der Waals surface area (Å²) in [4.78, 5) is 16.4. The number of alkyl halides is 5. The summed E-state index contributed by atoms with van der Waals surface area (Å²) in [5.74, 6) is -3.81. The second-order valence-corrected chi connectivity index (χ2v) is 6.75. The molecule has 3 heterocycles. The first kappa shape index (κ1) is 17.7. The van der Waals surface area contributed by atoms with E-state index in [-0.39, 0.29) is 24.3 Å². The van der Waals surface area contributed by atoms with Crippen LogP contribution in [0.15, 0.2) is 23.4 Å². The lowest BCUT2D eigenvalue weighted by molar-refractivity contribution is -0.140. The van der Waals surface area contributed by atoms with E-state index in [1.165, 1.54) is 24.0 Å². The molecule has 0 radical (unpaired) electrons. The van der Waals surface area contributed by atoms with Crippen molar-refractivity contribution in [2.24, 2.45) is 13.0 Å². The van der Waals surface area contributed by atoms with Crippen LogP contribution in [-0.2, 0) is 19.8 Å². The number of aryl methyl sites for hydroxylation is 2. The van der Waals surface area contributed by atoms with Gasteiger partial charge in [0.2, 0.25) is 5.78 Å².